The van der Waals surface area contributed by atoms with Crippen molar-refractivity contribution in [2.45, 2.75) is 77.4 Å². The molecule has 0 radical (unpaired) electrons. The zero-order valence-electron chi connectivity index (χ0n) is 26.2. The Hall–Kier alpha value is -3.89. The first kappa shape index (κ1) is 39.1. The molecule has 3 aliphatic heterocycles. The first-order valence-corrected chi connectivity index (χ1v) is 15.4. The van der Waals surface area contributed by atoms with Crippen LogP contribution in [0.1, 0.15) is 59.3 Å². The molecule has 17 nitrogen and oxygen atoms in total. The van der Waals surface area contributed by atoms with E-state index in [0.717, 1.165) is 0 Å². The van der Waals surface area contributed by atoms with E-state index in [0.29, 0.717) is 71.2 Å². The van der Waals surface area contributed by atoms with Crippen molar-refractivity contribution in [2.24, 2.45) is 50.2 Å². The molecule has 6 atom stereocenters. The summed E-state index contributed by atoms with van der Waals surface area (Å²) in [4.78, 5) is 75.3. The molecule has 0 bridgehead atoms. The van der Waals surface area contributed by atoms with Crippen LogP contribution in [0.2, 0.25) is 0 Å². The molecule has 0 saturated carbocycles. The Kier molecular flexibility index (Phi) is 16.9. The minimum atomic E-state index is -0.538. The Labute approximate surface area is 268 Å². The number of hydrogen-bond donors (Lipinski definition) is 4. The second kappa shape index (κ2) is 19.5. The van der Waals surface area contributed by atoms with Gasteiger partial charge in [0.1, 0.15) is 18.1 Å². The van der Waals surface area contributed by atoms with Crippen molar-refractivity contribution in [2.75, 3.05) is 39.3 Å². The van der Waals surface area contributed by atoms with Gasteiger partial charge in [-0.1, -0.05) is 25.9 Å². The molecule has 3 fully saturated rings. The van der Waals surface area contributed by atoms with E-state index in [-0.39, 0.29) is 42.0 Å². The monoisotopic (exact) mass is 653 g/mol. The van der Waals surface area contributed by atoms with Gasteiger partial charge in [-0.15, -0.1) is 0 Å². The van der Waals surface area contributed by atoms with Gasteiger partial charge in [0.25, 0.3) is 0 Å². The average molecular weight is 654 g/mol. The van der Waals surface area contributed by atoms with E-state index in [2.05, 4.69) is 26.8 Å². The van der Waals surface area contributed by atoms with E-state index in [1.165, 1.54) is 4.90 Å². The van der Waals surface area contributed by atoms with Gasteiger partial charge in [0.15, 0.2) is 0 Å². The number of amides is 6. The lowest BCUT2D eigenvalue weighted by molar-refractivity contribution is -0.136. The minimum absolute atomic E-state index is 0.00296. The summed E-state index contributed by atoms with van der Waals surface area (Å²) in [5.74, 6) is -1.17. The van der Waals surface area contributed by atoms with E-state index in [1.807, 2.05) is 20.8 Å². The lowest BCUT2D eigenvalue weighted by Gasteiger charge is -2.24. The zero-order chi connectivity index (χ0) is 34.3. The fourth-order valence-corrected chi connectivity index (χ4v) is 5.93. The fourth-order valence-electron chi connectivity index (χ4n) is 5.71. The van der Waals surface area contributed by atoms with Crippen molar-refractivity contribution < 1.29 is 28.8 Å². The van der Waals surface area contributed by atoms with Crippen LogP contribution in [-0.2, 0) is 41.2 Å². The lowest BCUT2D eigenvalue weighted by Crippen LogP contribution is -2.45. The summed E-state index contributed by atoms with van der Waals surface area (Å²) in [6.07, 6.45) is 2.82. The van der Waals surface area contributed by atoms with Gasteiger partial charge in [-0.05, 0) is 43.2 Å². The molecule has 0 aromatic rings. The molecule has 18 heteroatoms. The molecule has 0 spiro atoms. The predicted octanol–water partition coefficient (Wildman–Crippen LogP) is -0.704. The van der Waals surface area contributed by atoms with E-state index in [9.17, 15) is 28.8 Å². The Morgan fingerprint density at radius 2 is 1.09 bits per heavy atom. The summed E-state index contributed by atoms with van der Waals surface area (Å²) < 4.78 is 3.60. The lowest BCUT2D eigenvalue weighted by atomic mass is 10.1. The molecule has 3 heterocycles. The molecule has 252 valence electrons. The topological polar surface area (TPSA) is 277 Å². The number of likely N-dealkylation sites (tertiary alicyclic amines) is 3. The van der Waals surface area contributed by atoms with Gasteiger partial charge in [-0.3, -0.25) is 28.8 Å². The van der Waals surface area contributed by atoms with Crippen molar-refractivity contribution >= 4 is 47.9 Å². The van der Waals surface area contributed by atoms with Crippen LogP contribution >= 0.6 is 0 Å². The molecule has 3 saturated heterocycles. The zero-order valence-corrected chi connectivity index (χ0v) is 27.1. The van der Waals surface area contributed by atoms with Crippen molar-refractivity contribution in [3.8, 4) is 0 Å². The number of rotatable bonds is 14. The van der Waals surface area contributed by atoms with Crippen LogP contribution < -0.4 is 22.9 Å². The SMILES string of the molecule is CCC(C(N)=O)N1CC(CN=S)CC1=O.CC[C@@H](C(N)=O)N1CC(CN)CC1=O.CC[C@@H](C(N)=O)N1CC(CN=[N+]=[N-])CC1=O. The number of carbonyl (C=O) groups excluding carboxylic acids is 6. The van der Waals surface area contributed by atoms with Gasteiger partial charge >= 0.3 is 0 Å². The number of nitrogens with two attached hydrogens (primary N) is 4. The molecule has 3 rings (SSSR count). The summed E-state index contributed by atoms with van der Waals surface area (Å²) in [6.45, 7) is 8.31. The Bertz CT molecular complexity index is 1130. The second-order valence-corrected chi connectivity index (χ2v) is 11.5. The molecule has 0 aromatic heterocycles. The van der Waals surface area contributed by atoms with Crippen molar-refractivity contribution in [1.82, 2.24) is 14.7 Å². The maximum atomic E-state index is 11.6. The van der Waals surface area contributed by atoms with Crippen LogP contribution in [0.15, 0.2) is 9.48 Å². The van der Waals surface area contributed by atoms with Gasteiger partial charge in [0.2, 0.25) is 35.4 Å². The Morgan fingerprint density at radius 3 is 1.36 bits per heavy atom. The Balaban J connectivity index is 0.000000338. The summed E-state index contributed by atoms with van der Waals surface area (Å²) in [5, 5.41) is 3.44. The molecule has 0 aromatic carbocycles. The highest BCUT2D eigenvalue weighted by molar-refractivity contribution is 7.47. The van der Waals surface area contributed by atoms with Crippen LogP contribution in [0.25, 0.3) is 10.4 Å². The number of hydrogen-bond acceptors (Lipinski definition) is 10. The highest BCUT2D eigenvalue weighted by atomic mass is 32.1. The minimum Gasteiger partial charge on any atom is -0.368 e. The third-order valence-corrected chi connectivity index (χ3v) is 8.21. The first-order chi connectivity index (χ1) is 21.3. The second-order valence-electron chi connectivity index (χ2n) is 11.3. The number of nitrogens with zero attached hydrogens (tertiary/aromatic N) is 7. The molecule has 45 heavy (non-hydrogen) atoms. The van der Waals surface area contributed by atoms with Gasteiger partial charge in [0.05, 0.1) is 6.54 Å². The third-order valence-electron chi connectivity index (χ3n) is 8.06. The standard InChI is InChI=1S/C9H15N5O2.C9H15N3O2S.C9H17N3O2/c1-2-7(9(10)16)14-5-6(3-8(14)15)4-12-13-11;1-2-7(9(10)14)12-5-6(4-11-15)3-8(12)13;1-2-7(9(11)14)12-5-6(4-10)3-8(12)13/h6-7H,2-5H2,1H3,(H2,10,16);6-7H,2-5H2,1H3,(H2,10,14);6-7H,2-5,10H2,1H3,(H2,11,14)/t6?,7-;;6?,7-/m0.0/s1. The molecule has 4 unspecified atom stereocenters. The quantitative estimate of drug-likeness (QED) is 0.105. The van der Waals surface area contributed by atoms with Crippen LogP contribution in [0.3, 0.4) is 0 Å². The smallest absolute Gasteiger partial charge is 0.240 e. The van der Waals surface area contributed by atoms with Crippen molar-refractivity contribution in [1.29, 1.82) is 0 Å². The van der Waals surface area contributed by atoms with Gasteiger partial charge in [-0.25, -0.2) is 4.36 Å². The molecule has 0 aliphatic carbocycles. The van der Waals surface area contributed by atoms with Crippen LogP contribution in [0, 0.1) is 17.8 Å². The highest BCUT2D eigenvalue weighted by Crippen LogP contribution is 2.23. The van der Waals surface area contributed by atoms with E-state index in [4.69, 9.17) is 28.5 Å². The average Bonchev–Trinajstić information content (AvgIpc) is 3.65. The summed E-state index contributed by atoms with van der Waals surface area (Å²) >= 11 is 4.52. The third kappa shape index (κ3) is 11.5. The number of primary amides is 3. The maximum Gasteiger partial charge on any atom is 0.240 e. The number of carbonyl (C=O) groups is 6. The van der Waals surface area contributed by atoms with E-state index >= 15 is 0 Å². The molecule has 3 aliphatic rings. The summed E-state index contributed by atoms with van der Waals surface area (Å²) in [5.41, 5.74) is 29.3. The van der Waals surface area contributed by atoms with Crippen LogP contribution in [0.4, 0.5) is 0 Å². The van der Waals surface area contributed by atoms with Gasteiger partial charge in [-0.2, -0.15) is 0 Å². The van der Waals surface area contributed by atoms with Gasteiger partial charge in [0, 0.05) is 68.7 Å². The van der Waals surface area contributed by atoms with Crippen LogP contribution in [-0.4, -0.2) is 108 Å². The van der Waals surface area contributed by atoms with E-state index in [1.54, 1.807) is 9.80 Å². The van der Waals surface area contributed by atoms with E-state index < -0.39 is 35.8 Å². The maximum absolute atomic E-state index is 11.6. The first-order valence-electron chi connectivity index (χ1n) is 15.1. The highest BCUT2D eigenvalue weighted by Gasteiger charge is 2.37. The molecule has 6 amide bonds. The molecular weight excluding hydrogens is 606 g/mol. The fraction of sp³-hybridized carbons (Fsp3) is 0.778. The summed E-state index contributed by atoms with van der Waals surface area (Å²) in [7, 11) is 0. The van der Waals surface area contributed by atoms with Crippen molar-refractivity contribution in [3.63, 3.8) is 0 Å². The molecule has 8 N–H and O–H groups in total. The van der Waals surface area contributed by atoms with Gasteiger partial charge < -0.3 is 37.6 Å². The van der Waals surface area contributed by atoms with Crippen LogP contribution in [0.5, 0.6) is 0 Å². The number of azide groups is 1. The molecular formula is C27H47N11O6S. The summed E-state index contributed by atoms with van der Waals surface area (Å²) in [6, 6.07) is -1.48. The van der Waals surface area contributed by atoms with Crippen molar-refractivity contribution in [3.05, 3.63) is 10.4 Å². The largest absolute Gasteiger partial charge is 0.368 e. The Morgan fingerprint density at radius 1 is 0.756 bits per heavy atom. The predicted molar refractivity (Wildman–Crippen MR) is 167 cm³/mol. The normalized spacial score (nSPS) is 22.8.